The molecular weight excluding hydrogens is 288 g/mol. The van der Waals surface area contributed by atoms with Gasteiger partial charge in [0.05, 0.1) is 0 Å². The van der Waals surface area contributed by atoms with Gasteiger partial charge in [0, 0.05) is 11.2 Å². The standard InChI is InChI=1S/C16H17ClN2O2/c1-10-5-4-8-18-15(10)19-16(20)12(3)21-13-6-7-14(17)11(2)9-13/h4-9,12H,1-3H3,(H,18,19,20)/t12-/m1/s1. The molecule has 110 valence electrons. The Hall–Kier alpha value is -2.07. The van der Waals surface area contributed by atoms with E-state index < -0.39 is 6.10 Å². The molecule has 5 heteroatoms. The predicted octanol–water partition coefficient (Wildman–Crippen LogP) is 3.76. The molecule has 2 aromatic rings. The number of hydrogen-bond donors (Lipinski definition) is 1. The molecule has 0 bridgehead atoms. The molecule has 1 atom stereocenters. The van der Waals surface area contributed by atoms with Gasteiger partial charge in [-0.05, 0) is 56.2 Å². The highest BCUT2D eigenvalue weighted by Gasteiger charge is 2.16. The maximum Gasteiger partial charge on any atom is 0.266 e. The van der Waals surface area contributed by atoms with E-state index in [1.807, 2.05) is 26.0 Å². The summed E-state index contributed by atoms with van der Waals surface area (Å²) in [5.74, 6) is 0.909. The van der Waals surface area contributed by atoms with Crippen molar-refractivity contribution in [1.29, 1.82) is 0 Å². The zero-order valence-corrected chi connectivity index (χ0v) is 12.9. The summed E-state index contributed by atoms with van der Waals surface area (Å²) < 4.78 is 5.63. The van der Waals surface area contributed by atoms with Crippen LogP contribution >= 0.6 is 11.6 Å². The van der Waals surface area contributed by atoms with Crippen LogP contribution in [0.2, 0.25) is 5.02 Å². The summed E-state index contributed by atoms with van der Waals surface area (Å²) >= 11 is 5.96. The summed E-state index contributed by atoms with van der Waals surface area (Å²) in [5.41, 5.74) is 1.81. The summed E-state index contributed by atoms with van der Waals surface area (Å²) in [5, 5.41) is 3.43. The van der Waals surface area contributed by atoms with Crippen molar-refractivity contribution in [2.24, 2.45) is 0 Å². The largest absolute Gasteiger partial charge is 0.481 e. The molecule has 0 aliphatic heterocycles. The van der Waals surface area contributed by atoms with Crippen LogP contribution in [0.4, 0.5) is 5.82 Å². The summed E-state index contributed by atoms with van der Waals surface area (Å²) in [4.78, 5) is 16.2. The second-order valence-electron chi connectivity index (χ2n) is 4.83. The van der Waals surface area contributed by atoms with Gasteiger partial charge in [0.15, 0.2) is 6.10 Å². The second kappa shape index (κ2) is 6.59. The van der Waals surface area contributed by atoms with Gasteiger partial charge in [-0.15, -0.1) is 0 Å². The van der Waals surface area contributed by atoms with Crippen LogP contribution in [0.25, 0.3) is 0 Å². The highest BCUT2D eigenvalue weighted by atomic mass is 35.5. The molecule has 1 heterocycles. The molecule has 1 amide bonds. The van der Waals surface area contributed by atoms with Gasteiger partial charge in [0.2, 0.25) is 0 Å². The Kier molecular flexibility index (Phi) is 4.81. The highest BCUT2D eigenvalue weighted by molar-refractivity contribution is 6.31. The maximum absolute atomic E-state index is 12.1. The number of nitrogens with one attached hydrogen (secondary N) is 1. The average molecular weight is 305 g/mol. The molecule has 2 rings (SSSR count). The van der Waals surface area contributed by atoms with Crippen molar-refractivity contribution in [3.05, 3.63) is 52.7 Å². The smallest absolute Gasteiger partial charge is 0.266 e. The lowest BCUT2D eigenvalue weighted by atomic mass is 10.2. The third kappa shape index (κ3) is 3.95. The first-order valence-electron chi connectivity index (χ1n) is 6.62. The molecule has 0 saturated heterocycles. The number of carbonyl (C=O) groups excluding carboxylic acids is 1. The van der Waals surface area contributed by atoms with Crippen LogP contribution in [0.5, 0.6) is 5.75 Å². The first-order chi connectivity index (χ1) is 9.97. The number of halogens is 1. The minimum Gasteiger partial charge on any atom is -0.481 e. The van der Waals surface area contributed by atoms with Crippen molar-refractivity contribution >= 4 is 23.3 Å². The second-order valence-corrected chi connectivity index (χ2v) is 5.24. The SMILES string of the molecule is Cc1cc(O[C@H](C)C(=O)Nc2ncccc2C)ccc1Cl. The lowest BCUT2D eigenvalue weighted by Crippen LogP contribution is -2.30. The van der Waals surface area contributed by atoms with Crippen LogP contribution in [-0.2, 0) is 4.79 Å². The number of ether oxygens (including phenoxy) is 1. The van der Waals surface area contributed by atoms with Crippen molar-refractivity contribution in [1.82, 2.24) is 4.98 Å². The van der Waals surface area contributed by atoms with Crippen molar-refractivity contribution < 1.29 is 9.53 Å². The van der Waals surface area contributed by atoms with Crippen molar-refractivity contribution in [2.45, 2.75) is 26.9 Å². The third-order valence-electron chi connectivity index (χ3n) is 3.06. The molecule has 1 N–H and O–H groups in total. The monoisotopic (exact) mass is 304 g/mol. The van der Waals surface area contributed by atoms with Crippen molar-refractivity contribution in [3.63, 3.8) is 0 Å². The Morgan fingerprint density at radius 2 is 2.05 bits per heavy atom. The van der Waals surface area contributed by atoms with Crippen LogP contribution in [0.1, 0.15) is 18.1 Å². The van der Waals surface area contributed by atoms with Crippen LogP contribution in [-0.4, -0.2) is 17.0 Å². The Morgan fingerprint density at radius 1 is 1.29 bits per heavy atom. The number of pyridine rings is 1. The number of aryl methyl sites for hydroxylation is 2. The molecule has 4 nitrogen and oxygen atoms in total. The third-order valence-corrected chi connectivity index (χ3v) is 3.49. The molecule has 0 unspecified atom stereocenters. The quantitative estimate of drug-likeness (QED) is 0.935. The molecular formula is C16H17ClN2O2. The lowest BCUT2D eigenvalue weighted by molar-refractivity contribution is -0.122. The molecule has 0 aliphatic carbocycles. The summed E-state index contributed by atoms with van der Waals surface area (Å²) in [6.07, 6.45) is 1.00. The van der Waals surface area contributed by atoms with E-state index in [0.29, 0.717) is 16.6 Å². The van der Waals surface area contributed by atoms with Gasteiger partial charge in [-0.3, -0.25) is 4.79 Å². The average Bonchev–Trinajstić information content (AvgIpc) is 2.45. The van der Waals surface area contributed by atoms with E-state index in [0.717, 1.165) is 11.1 Å². The number of rotatable bonds is 4. The van der Waals surface area contributed by atoms with Gasteiger partial charge in [-0.1, -0.05) is 17.7 Å². The molecule has 0 saturated carbocycles. The molecule has 21 heavy (non-hydrogen) atoms. The van der Waals surface area contributed by atoms with Crippen LogP contribution in [0.15, 0.2) is 36.5 Å². The van der Waals surface area contributed by atoms with Gasteiger partial charge in [-0.25, -0.2) is 4.98 Å². The van der Waals surface area contributed by atoms with Crippen LogP contribution in [0, 0.1) is 13.8 Å². The summed E-state index contributed by atoms with van der Waals surface area (Å²) in [6, 6.07) is 9.00. The number of carbonyl (C=O) groups is 1. The number of hydrogen-bond acceptors (Lipinski definition) is 3. The normalized spacial score (nSPS) is 11.8. The molecule has 1 aromatic heterocycles. The van der Waals surface area contributed by atoms with Crippen LogP contribution in [0.3, 0.4) is 0 Å². The van der Waals surface area contributed by atoms with E-state index in [2.05, 4.69) is 10.3 Å². The molecule has 0 spiro atoms. The highest BCUT2D eigenvalue weighted by Crippen LogP contribution is 2.22. The molecule has 0 aliphatic rings. The number of amides is 1. The topological polar surface area (TPSA) is 51.2 Å². The van der Waals surface area contributed by atoms with E-state index in [1.165, 1.54) is 0 Å². The van der Waals surface area contributed by atoms with Crippen molar-refractivity contribution in [3.8, 4) is 5.75 Å². The van der Waals surface area contributed by atoms with E-state index in [1.54, 1.807) is 31.3 Å². The van der Waals surface area contributed by atoms with Gasteiger partial charge >= 0.3 is 0 Å². The summed E-state index contributed by atoms with van der Waals surface area (Å²) in [7, 11) is 0. The fourth-order valence-corrected chi connectivity index (χ4v) is 1.90. The minimum absolute atomic E-state index is 0.246. The Bertz CT molecular complexity index is 658. The van der Waals surface area contributed by atoms with Crippen molar-refractivity contribution in [2.75, 3.05) is 5.32 Å². The fourth-order valence-electron chi connectivity index (χ4n) is 1.78. The molecule has 0 radical (unpaired) electrons. The number of aromatic nitrogens is 1. The maximum atomic E-state index is 12.1. The zero-order valence-electron chi connectivity index (χ0n) is 12.2. The Labute approximate surface area is 129 Å². The van der Waals surface area contributed by atoms with Gasteiger partial charge in [-0.2, -0.15) is 0 Å². The van der Waals surface area contributed by atoms with E-state index >= 15 is 0 Å². The lowest BCUT2D eigenvalue weighted by Gasteiger charge is -2.15. The van der Waals surface area contributed by atoms with Gasteiger partial charge < -0.3 is 10.1 Å². The Balaban J connectivity index is 2.02. The van der Waals surface area contributed by atoms with Gasteiger partial charge in [0.25, 0.3) is 5.91 Å². The molecule has 1 aromatic carbocycles. The van der Waals surface area contributed by atoms with E-state index in [-0.39, 0.29) is 5.91 Å². The number of nitrogens with zero attached hydrogens (tertiary/aromatic N) is 1. The number of anilines is 1. The first-order valence-corrected chi connectivity index (χ1v) is 7.00. The number of benzene rings is 1. The minimum atomic E-state index is -0.632. The fraction of sp³-hybridized carbons (Fsp3) is 0.250. The zero-order chi connectivity index (χ0) is 15.4. The van der Waals surface area contributed by atoms with Crippen LogP contribution < -0.4 is 10.1 Å². The predicted molar refractivity (Wildman–Crippen MR) is 83.9 cm³/mol. The van der Waals surface area contributed by atoms with E-state index in [9.17, 15) is 4.79 Å². The van der Waals surface area contributed by atoms with E-state index in [4.69, 9.17) is 16.3 Å². The first kappa shape index (κ1) is 15.3. The summed E-state index contributed by atoms with van der Waals surface area (Å²) in [6.45, 7) is 5.46. The molecule has 0 fully saturated rings. The van der Waals surface area contributed by atoms with Gasteiger partial charge in [0.1, 0.15) is 11.6 Å². The Morgan fingerprint density at radius 3 is 2.71 bits per heavy atom.